The molecule has 2 aromatic rings. The number of carbonyl (C=O) groups is 1. The van der Waals surface area contributed by atoms with Crippen LogP contribution in [0, 0.1) is 0 Å². The Morgan fingerprint density at radius 2 is 1.81 bits per heavy atom. The van der Waals surface area contributed by atoms with Crippen molar-refractivity contribution in [1.29, 1.82) is 0 Å². The number of anilines is 1. The predicted molar refractivity (Wildman–Crippen MR) is 109 cm³/mol. The van der Waals surface area contributed by atoms with E-state index < -0.39 is 10.0 Å². The number of halogens is 1. The lowest BCUT2D eigenvalue weighted by atomic mass is 10.2. The number of nitrogens with zero attached hydrogens (tertiary/aromatic N) is 1. The molecule has 1 aliphatic rings. The molecule has 144 valence electrons. The fourth-order valence-electron chi connectivity index (χ4n) is 3.02. The number of sulfonamides is 1. The van der Waals surface area contributed by atoms with Crippen molar-refractivity contribution in [1.82, 2.24) is 9.62 Å². The number of nitrogens with one attached hydrogen (secondary N) is 2. The molecule has 1 heterocycles. The zero-order chi connectivity index (χ0) is 19.3. The average molecular weight is 452 g/mol. The maximum absolute atomic E-state index is 12.4. The van der Waals surface area contributed by atoms with Crippen LogP contribution in [0.5, 0.6) is 0 Å². The van der Waals surface area contributed by atoms with Crippen LogP contribution in [0.3, 0.4) is 0 Å². The summed E-state index contributed by atoms with van der Waals surface area (Å²) in [5.41, 5.74) is 1.04. The van der Waals surface area contributed by atoms with Gasteiger partial charge < -0.3 is 10.2 Å². The van der Waals surface area contributed by atoms with Crippen LogP contribution < -0.4 is 10.0 Å². The Labute approximate surface area is 168 Å². The molecule has 0 saturated carbocycles. The maximum atomic E-state index is 12.4. The molecule has 0 bridgehead atoms. The first-order chi connectivity index (χ1) is 12.9. The quantitative estimate of drug-likeness (QED) is 0.678. The normalized spacial score (nSPS) is 17.1. The zero-order valence-corrected chi connectivity index (χ0v) is 17.2. The number of amides is 1. The molecule has 1 unspecified atom stereocenters. The summed E-state index contributed by atoms with van der Waals surface area (Å²) in [6.07, 6.45) is 1.03. The summed E-state index contributed by atoms with van der Waals surface area (Å²) in [5, 5.41) is 3.42. The lowest BCUT2D eigenvalue weighted by molar-refractivity contribution is -0.129. The number of carbonyl (C=O) groups excluding carboxylic acids is 1. The minimum Gasteiger partial charge on any atom is -0.380 e. The van der Waals surface area contributed by atoms with Crippen LogP contribution in [-0.4, -0.2) is 44.9 Å². The number of hydrogen-bond acceptors (Lipinski definition) is 4. The smallest absolute Gasteiger partial charge is 0.240 e. The Kier molecular flexibility index (Phi) is 6.51. The van der Waals surface area contributed by atoms with Gasteiger partial charge in [-0.05, 0) is 42.8 Å². The number of benzene rings is 2. The van der Waals surface area contributed by atoms with Crippen molar-refractivity contribution < 1.29 is 13.2 Å². The van der Waals surface area contributed by atoms with Crippen LogP contribution in [0.15, 0.2) is 64.0 Å². The number of likely N-dealkylation sites (tertiary alicyclic amines) is 1. The predicted octanol–water partition coefficient (Wildman–Crippen LogP) is 2.83. The average Bonchev–Trinajstić information content (AvgIpc) is 3.11. The van der Waals surface area contributed by atoms with Crippen LogP contribution in [0.1, 0.15) is 12.8 Å². The van der Waals surface area contributed by atoms with Gasteiger partial charge in [0.2, 0.25) is 15.9 Å². The Balaban J connectivity index is 1.45. The molecule has 0 radical (unpaired) electrons. The van der Waals surface area contributed by atoms with Gasteiger partial charge in [0.25, 0.3) is 0 Å². The largest absolute Gasteiger partial charge is 0.380 e. The lowest BCUT2D eigenvalue weighted by Gasteiger charge is -2.18. The molecule has 1 atom stereocenters. The minimum atomic E-state index is -3.60. The third-order valence-electron chi connectivity index (χ3n) is 4.44. The molecule has 27 heavy (non-hydrogen) atoms. The van der Waals surface area contributed by atoms with Gasteiger partial charge in [0.1, 0.15) is 0 Å². The first kappa shape index (κ1) is 19.9. The highest BCUT2D eigenvalue weighted by Gasteiger charge is 2.26. The number of para-hydroxylation sites is 1. The topological polar surface area (TPSA) is 78.5 Å². The van der Waals surface area contributed by atoms with Crippen LogP contribution in [-0.2, 0) is 14.8 Å². The molecular formula is C19H22BrN3O3S. The highest BCUT2D eigenvalue weighted by atomic mass is 79.9. The van der Waals surface area contributed by atoms with E-state index >= 15 is 0 Å². The lowest BCUT2D eigenvalue weighted by Crippen LogP contribution is -2.34. The van der Waals surface area contributed by atoms with E-state index in [9.17, 15) is 13.2 Å². The van der Waals surface area contributed by atoms with E-state index in [1.165, 1.54) is 12.1 Å². The van der Waals surface area contributed by atoms with Crippen LogP contribution in [0.4, 0.5) is 5.69 Å². The van der Waals surface area contributed by atoms with E-state index in [0.717, 1.165) is 16.6 Å². The van der Waals surface area contributed by atoms with Gasteiger partial charge in [0.15, 0.2) is 0 Å². The second-order valence-electron chi connectivity index (χ2n) is 6.44. The van der Waals surface area contributed by atoms with Crippen LogP contribution >= 0.6 is 15.9 Å². The van der Waals surface area contributed by atoms with Crippen molar-refractivity contribution in [3.8, 4) is 0 Å². The van der Waals surface area contributed by atoms with E-state index in [2.05, 4.69) is 26.0 Å². The molecule has 1 amide bonds. The summed E-state index contributed by atoms with van der Waals surface area (Å²) in [5.74, 6) is -0.0362. The van der Waals surface area contributed by atoms with Gasteiger partial charge in [0.05, 0.1) is 4.90 Å². The van der Waals surface area contributed by atoms with Crippen molar-refractivity contribution in [2.75, 3.05) is 25.0 Å². The summed E-state index contributed by atoms with van der Waals surface area (Å²) in [4.78, 5) is 14.3. The fraction of sp³-hybridized carbons (Fsp3) is 0.316. The molecule has 1 aliphatic heterocycles. The molecule has 6 nitrogen and oxygen atoms in total. The van der Waals surface area contributed by atoms with Gasteiger partial charge in [0, 0.05) is 42.3 Å². The van der Waals surface area contributed by atoms with E-state index in [0.29, 0.717) is 13.1 Å². The standard InChI is InChI=1S/C19H22BrN3O3S/c20-15-6-8-18(9-7-15)27(25,26)21-12-10-19(24)23-13-11-17(14-23)22-16-4-2-1-3-5-16/h1-9,17,21-22H,10-14H2. The molecule has 0 aliphatic carbocycles. The molecule has 2 N–H and O–H groups in total. The van der Waals surface area contributed by atoms with E-state index in [1.54, 1.807) is 17.0 Å². The third kappa shape index (κ3) is 5.54. The first-order valence-corrected chi connectivity index (χ1v) is 11.1. The van der Waals surface area contributed by atoms with E-state index in [-0.39, 0.29) is 29.8 Å². The van der Waals surface area contributed by atoms with Gasteiger partial charge in [-0.1, -0.05) is 34.1 Å². The monoisotopic (exact) mass is 451 g/mol. The maximum Gasteiger partial charge on any atom is 0.240 e. The molecule has 1 saturated heterocycles. The molecule has 0 spiro atoms. The minimum absolute atomic E-state index is 0.0362. The molecule has 3 rings (SSSR count). The van der Waals surface area contributed by atoms with Gasteiger partial charge in [-0.15, -0.1) is 0 Å². The third-order valence-corrected chi connectivity index (χ3v) is 6.45. The molecular weight excluding hydrogens is 430 g/mol. The molecule has 1 fully saturated rings. The summed E-state index contributed by atoms with van der Waals surface area (Å²) in [6.45, 7) is 1.40. The number of rotatable bonds is 7. The van der Waals surface area contributed by atoms with Crippen molar-refractivity contribution in [3.05, 3.63) is 59.1 Å². The molecule has 2 aromatic carbocycles. The highest BCUT2D eigenvalue weighted by Crippen LogP contribution is 2.17. The van der Waals surface area contributed by atoms with Crippen molar-refractivity contribution in [3.63, 3.8) is 0 Å². The Morgan fingerprint density at radius 1 is 1.11 bits per heavy atom. The zero-order valence-electron chi connectivity index (χ0n) is 14.8. The molecule has 8 heteroatoms. The summed E-state index contributed by atoms with van der Waals surface area (Å²) >= 11 is 3.28. The van der Waals surface area contributed by atoms with Gasteiger partial charge in [-0.2, -0.15) is 0 Å². The highest BCUT2D eigenvalue weighted by molar-refractivity contribution is 9.10. The van der Waals surface area contributed by atoms with Crippen molar-refractivity contribution >= 4 is 37.5 Å². The molecule has 0 aromatic heterocycles. The van der Waals surface area contributed by atoms with Gasteiger partial charge in [-0.3, -0.25) is 4.79 Å². The first-order valence-electron chi connectivity index (χ1n) is 8.79. The Hall–Kier alpha value is -1.90. The summed E-state index contributed by atoms with van der Waals surface area (Å²) < 4.78 is 27.8. The van der Waals surface area contributed by atoms with Gasteiger partial charge in [-0.25, -0.2) is 13.1 Å². The van der Waals surface area contributed by atoms with E-state index in [4.69, 9.17) is 0 Å². The second-order valence-corrected chi connectivity index (χ2v) is 9.12. The Morgan fingerprint density at radius 3 is 2.52 bits per heavy atom. The number of hydrogen-bond donors (Lipinski definition) is 2. The second kappa shape index (κ2) is 8.86. The SMILES string of the molecule is O=C(CCNS(=O)(=O)c1ccc(Br)cc1)N1CCC(Nc2ccccc2)C1. The van der Waals surface area contributed by atoms with Crippen LogP contribution in [0.25, 0.3) is 0 Å². The fourth-order valence-corrected chi connectivity index (χ4v) is 4.32. The summed E-state index contributed by atoms with van der Waals surface area (Å²) in [7, 11) is -3.60. The van der Waals surface area contributed by atoms with Crippen molar-refractivity contribution in [2.45, 2.75) is 23.8 Å². The Bertz CT molecular complexity index is 873. The summed E-state index contributed by atoms with van der Waals surface area (Å²) in [6, 6.07) is 16.5. The van der Waals surface area contributed by atoms with Gasteiger partial charge >= 0.3 is 0 Å². The van der Waals surface area contributed by atoms with Crippen LogP contribution in [0.2, 0.25) is 0 Å². The van der Waals surface area contributed by atoms with E-state index in [1.807, 2.05) is 30.3 Å². The van der Waals surface area contributed by atoms with Crippen molar-refractivity contribution in [2.24, 2.45) is 0 Å².